The van der Waals surface area contributed by atoms with Crippen molar-refractivity contribution in [3.05, 3.63) is 65.7 Å². The Morgan fingerprint density at radius 3 is 2.31 bits per heavy atom. The lowest BCUT2D eigenvalue weighted by Crippen LogP contribution is -2.46. The van der Waals surface area contributed by atoms with Gasteiger partial charge in [-0.05, 0) is 50.8 Å². The van der Waals surface area contributed by atoms with Crippen molar-refractivity contribution in [1.82, 2.24) is 9.21 Å². The van der Waals surface area contributed by atoms with Crippen molar-refractivity contribution in [2.75, 3.05) is 13.1 Å². The van der Waals surface area contributed by atoms with Crippen LogP contribution >= 0.6 is 0 Å². The molecule has 0 aliphatic carbocycles. The van der Waals surface area contributed by atoms with Gasteiger partial charge in [-0.25, -0.2) is 8.42 Å². The molecule has 32 heavy (non-hydrogen) atoms. The Balaban J connectivity index is 1.70. The first-order valence-electron chi connectivity index (χ1n) is 11.2. The smallest absolute Gasteiger partial charge is 0.243 e. The van der Waals surface area contributed by atoms with Crippen molar-refractivity contribution in [3.63, 3.8) is 0 Å². The van der Waals surface area contributed by atoms with E-state index in [9.17, 15) is 18.0 Å². The van der Waals surface area contributed by atoms with Gasteiger partial charge in [0.15, 0.2) is 5.78 Å². The van der Waals surface area contributed by atoms with Gasteiger partial charge in [-0.2, -0.15) is 4.31 Å². The quantitative estimate of drug-likeness (QED) is 0.560. The van der Waals surface area contributed by atoms with Crippen molar-refractivity contribution < 1.29 is 18.0 Å². The second-order valence-electron chi connectivity index (χ2n) is 8.47. The van der Waals surface area contributed by atoms with Crippen LogP contribution in [0.3, 0.4) is 0 Å². The number of nitrogens with zero attached hydrogens (tertiary/aromatic N) is 2. The largest absolute Gasteiger partial charge is 0.335 e. The van der Waals surface area contributed by atoms with Gasteiger partial charge in [0, 0.05) is 37.2 Å². The zero-order chi connectivity index (χ0) is 23.3. The molecule has 1 aliphatic rings. The third-order valence-corrected chi connectivity index (χ3v) is 8.18. The minimum Gasteiger partial charge on any atom is -0.335 e. The predicted octanol–water partition coefficient (Wildman–Crippen LogP) is 4.12. The summed E-state index contributed by atoms with van der Waals surface area (Å²) in [6.07, 6.45) is 1.84. The van der Waals surface area contributed by atoms with Crippen molar-refractivity contribution in [1.29, 1.82) is 0 Å². The Bertz CT molecular complexity index is 1040. The summed E-state index contributed by atoms with van der Waals surface area (Å²) in [5, 5.41) is 0. The van der Waals surface area contributed by atoms with Gasteiger partial charge in [-0.3, -0.25) is 9.59 Å². The number of hydrogen-bond acceptors (Lipinski definition) is 4. The summed E-state index contributed by atoms with van der Waals surface area (Å²) in [6.45, 7) is 6.69. The molecule has 3 rings (SSSR count). The number of benzene rings is 2. The first kappa shape index (κ1) is 24.1. The highest BCUT2D eigenvalue weighted by molar-refractivity contribution is 7.89. The lowest BCUT2D eigenvalue weighted by molar-refractivity contribution is -0.139. The van der Waals surface area contributed by atoms with E-state index >= 15 is 0 Å². The van der Waals surface area contributed by atoms with Gasteiger partial charge >= 0.3 is 0 Å². The highest BCUT2D eigenvalue weighted by Gasteiger charge is 2.35. The summed E-state index contributed by atoms with van der Waals surface area (Å²) in [6, 6.07) is 16.2. The molecule has 1 heterocycles. The Kier molecular flexibility index (Phi) is 7.85. The monoisotopic (exact) mass is 456 g/mol. The number of ketones is 1. The van der Waals surface area contributed by atoms with E-state index in [1.807, 2.05) is 35.2 Å². The number of amides is 1. The van der Waals surface area contributed by atoms with E-state index in [0.717, 1.165) is 12.0 Å². The van der Waals surface area contributed by atoms with Gasteiger partial charge in [0.25, 0.3) is 0 Å². The fourth-order valence-corrected chi connectivity index (χ4v) is 5.57. The number of Topliss-reactive ketones (excluding diaryl/α,β-unsaturated/α-hetero) is 1. The molecule has 0 spiro atoms. The van der Waals surface area contributed by atoms with E-state index in [1.165, 1.54) is 23.4 Å². The van der Waals surface area contributed by atoms with E-state index in [4.69, 9.17) is 0 Å². The minimum atomic E-state index is -3.70. The van der Waals surface area contributed by atoms with Crippen LogP contribution in [-0.4, -0.2) is 48.4 Å². The molecular weight excluding hydrogens is 424 g/mol. The normalized spacial score (nSPS) is 16.5. The van der Waals surface area contributed by atoms with Crippen molar-refractivity contribution in [2.45, 2.75) is 57.5 Å². The maximum absolute atomic E-state index is 13.4. The second-order valence-corrected chi connectivity index (χ2v) is 10.4. The Hall–Kier alpha value is -2.51. The van der Waals surface area contributed by atoms with Gasteiger partial charge in [0.05, 0.1) is 4.90 Å². The van der Waals surface area contributed by atoms with Crippen LogP contribution in [0.1, 0.15) is 56.0 Å². The second kappa shape index (κ2) is 10.4. The molecular formula is C25H32N2O4S. The predicted molar refractivity (Wildman–Crippen MR) is 125 cm³/mol. The number of piperidine rings is 1. The molecule has 1 atom stereocenters. The number of carbonyl (C=O) groups is 2. The molecule has 1 aliphatic heterocycles. The third kappa shape index (κ3) is 5.45. The lowest BCUT2D eigenvalue weighted by Gasteiger charge is -2.36. The van der Waals surface area contributed by atoms with E-state index in [-0.39, 0.29) is 28.5 Å². The first-order chi connectivity index (χ1) is 15.2. The van der Waals surface area contributed by atoms with Crippen molar-refractivity contribution in [3.8, 4) is 0 Å². The standard InChI is InChI=1S/C25H32N2O4S/c1-4-19(2)27(18-21-9-6-5-7-10-21)25(29)22-13-15-26(16-14-22)32(30,31)24-12-8-11-23(17-24)20(3)28/h5-12,17,19,22H,4,13-16,18H2,1-3H3. The van der Waals surface area contributed by atoms with Gasteiger partial charge in [0.1, 0.15) is 0 Å². The average molecular weight is 457 g/mol. The minimum absolute atomic E-state index is 0.0961. The van der Waals surface area contributed by atoms with E-state index in [2.05, 4.69) is 13.8 Å². The van der Waals surface area contributed by atoms with E-state index < -0.39 is 10.0 Å². The molecule has 0 bridgehead atoms. The van der Waals surface area contributed by atoms with Gasteiger partial charge in [0.2, 0.25) is 15.9 Å². The summed E-state index contributed by atoms with van der Waals surface area (Å²) in [4.78, 5) is 27.1. The van der Waals surface area contributed by atoms with Gasteiger partial charge < -0.3 is 4.90 Å². The van der Waals surface area contributed by atoms with Gasteiger partial charge in [-0.1, -0.05) is 49.4 Å². The number of carbonyl (C=O) groups excluding carboxylic acids is 2. The number of sulfonamides is 1. The molecule has 0 saturated carbocycles. The van der Waals surface area contributed by atoms with Crippen LogP contribution in [0.15, 0.2) is 59.5 Å². The molecule has 0 N–H and O–H groups in total. The number of rotatable bonds is 8. The van der Waals surface area contributed by atoms with Crippen LogP contribution in [0.4, 0.5) is 0 Å². The summed E-state index contributed by atoms with van der Waals surface area (Å²) < 4.78 is 27.6. The molecule has 1 saturated heterocycles. The topological polar surface area (TPSA) is 74.8 Å². The van der Waals surface area contributed by atoms with E-state index in [0.29, 0.717) is 38.0 Å². The lowest BCUT2D eigenvalue weighted by atomic mass is 9.95. The number of hydrogen-bond donors (Lipinski definition) is 0. The van der Waals surface area contributed by atoms with Crippen LogP contribution in [0.25, 0.3) is 0 Å². The molecule has 2 aromatic rings. The molecule has 2 aromatic carbocycles. The van der Waals surface area contributed by atoms with Crippen LogP contribution in [0.5, 0.6) is 0 Å². The molecule has 6 nitrogen and oxygen atoms in total. The molecule has 0 aromatic heterocycles. The molecule has 1 fully saturated rings. The van der Waals surface area contributed by atoms with Gasteiger partial charge in [-0.15, -0.1) is 0 Å². The zero-order valence-electron chi connectivity index (χ0n) is 19.0. The summed E-state index contributed by atoms with van der Waals surface area (Å²) in [5.41, 5.74) is 1.47. The van der Waals surface area contributed by atoms with Crippen LogP contribution < -0.4 is 0 Å². The van der Waals surface area contributed by atoms with Crippen molar-refractivity contribution in [2.24, 2.45) is 5.92 Å². The molecule has 0 radical (unpaired) electrons. The maximum Gasteiger partial charge on any atom is 0.243 e. The Morgan fingerprint density at radius 2 is 1.72 bits per heavy atom. The molecule has 1 unspecified atom stereocenters. The third-order valence-electron chi connectivity index (χ3n) is 6.28. The summed E-state index contributed by atoms with van der Waals surface area (Å²) in [7, 11) is -3.70. The fraction of sp³-hybridized carbons (Fsp3) is 0.440. The SMILES string of the molecule is CCC(C)N(Cc1ccccc1)C(=O)C1CCN(S(=O)(=O)c2cccc(C(C)=O)c2)CC1. The fourth-order valence-electron chi connectivity index (χ4n) is 4.05. The average Bonchev–Trinajstić information content (AvgIpc) is 2.82. The summed E-state index contributed by atoms with van der Waals surface area (Å²) >= 11 is 0. The Morgan fingerprint density at radius 1 is 1.06 bits per heavy atom. The van der Waals surface area contributed by atoms with Crippen LogP contribution in [0.2, 0.25) is 0 Å². The van der Waals surface area contributed by atoms with Crippen LogP contribution in [0, 0.1) is 5.92 Å². The maximum atomic E-state index is 13.4. The molecule has 7 heteroatoms. The zero-order valence-corrected chi connectivity index (χ0v) is 19.8. The Labute approximate surface area is 191 Å². The summed E-state index contributed by atoms with van der Waals surface area (Å²) in [5.74, 6) is -0.267. The first-order valence-corrected chi connectivity index (χ1v) is 12.6. The molecule has 172 valence electrons. The highest BCUT2D eigenvalue weighted by Crippen LogP contribution is 2.27. The molecule has 1 amide bonds. The van der Waals surface area contributed by atoms with Crippen molar-refractivity contribution >= 4 is 21.7 Å². The van der Waals surface area contributed by atoms with Crippen LogP contribution in [-0.2, 0) is 21.4 Å². The van der Waals surface area contributed by atoms with E-state index in [1.54, 1.807) is 12.1 Å². The highest BCUT2D eigenvalue weighted by atomic mass is 32.2.